The third-order valence-electron chi connectivity index (χ3n) is 6.11. The van der Waals surface area contributed by atoms with Crippen molar-refractivity contribution in [2.45, 2.75) is 49.3 Å². The Labute approximate surface area is 213 Å². The molecule has 37 heavy (non-hydrogen) atoms. The lowest BCUT2D eigenvalue weighted by atomic mass is 9.88. The van der Waals surface area contributed by atoms with Gasteiger partial charge in [-0.3, -0.25) is 0 Å². The van der Waals surface area contributed by atoms with Crippen LogP contribution in [0.1, 0.15) is 36.7 Å². The molecule has 13 heteroatoms. The predicted molar refractivity (Wildman–Crippen MR) is 131 cm³/mol. The first-order chi connectivity index (χ1) is 17.3. The summed E-state index contributed by atoms with van der Waals surface area (Å²) in [5, 5.41) is 18.6. The highest BCUT2D eigenvalue weighted by atomic mass is 32.2. The van der Waals surface area contributed by atoms with E-state index in [0.717, 1.165) is 12.1 Å². The Bertz CT molecular complexity index is 1610. The second-order valence-corrected chi connectivity index (χ2v) is 11.9. The maximum absolute atomic E-state index is 14.5. The predicted octanol–water partition coefficient (Wildman–Crippen LogP) is 3.19. The zero-order valence-corrected chi connectivity index (χ0v) is 21.7. The molecule has 0 atom stereocenters. The van der Waals surface area contributed by atoms with Gasteiger partial charge in [0.2, 0.25) is 25.7 Å². The lowest BCUT2D eigenvalue weighted by Gasteiger charge is -2.24. The van der Waals surface area contributed by atoms with E-state index in [9.17, 15) is 30.8 Å². The molecule has 0 amide bonds. The third kappa shape index (κ3) is 5.17. The van der Waals surface area contributed by atoms with Crippen LogP contribution in [0.2, 0.25) is 0 Å². The van der Waals surface area contributed by atoms with Gasteiger partial charge in [-0.25, -0.2) is 35.5 Å². The number of pyridine rings is 1. The molecule has 1 aliphatic rings. The van der Waals surface area contributed by atoms with Crippen LogP contribution < -0.4 is 19.3 Å². The molecule has 0 unspecified atom stereocenters. The van der Waals surface area contributed by atoms with Crippen molar-refractivity contribution in [3.05, 3.63) is 70.2 Å². The molecule has 0 fully saturated rings. The van der Waals surface area contributed by atoms with Crippen LogP contribution in [-0.2, 0) is 32.9 Å². The molecule has 0 radical (unpaired) electrons. The standard InChI is InChI=1S/C24H25F2N3O6S2/c1-3-28-37(33,34)16-9-11-21(35-22-10-8-15(25)12-19(22)26)18(13-16)23-17-6-4-5-7-20(17)29(30)14(2)24(23)36(27,31)32/h8-13,28H,3-7H2,1-2H3,(H2,27,31,32). The van der Waals surface area contributed by atoms with Gasteiger partial charge in [0.15, 0.2) is 22.2 Å². The van der Waals surface area contributed by atoms with Crippen molar-refractivity contribution in [3.8, 4) is 22.6 Å². The highest BCUT2D eigenvalue weighted by Crippen LogP contribution is 2.43. The molecule has 3 aromatic rings. The van der Waals surface area contributed by atoms with Crippen LogP contribution in [0.4, 0.5) is 8.78 Å². The van der Waals surface area contributed by atoms with Crippen LogP contribution in [0.3, 0.4) is 0 Å². The van der Waals surface area contributed by atoms with E-state index in [1.165, 1.54) is 25.1 Å². The zero-order chi connectivity index (χ0) is 27.1. The smallest absolute Gasteiger partial charge is 0.244 e. The molecule has 4 rings (SSSR count). The molecule has 198 valence electrons. The van der Waals surface area contributed by atoms with Gasteiger partial charge in [-0.05, 0) is 49.6 Å². The summed E-state index contributed by atoms with van der Waals surface area (Å²) in [6.45, 7) is 3.00. The second kappa shape index (κ2) is 9.97. The van der Waals surface area contributed by atoms with Crippen molar-refractivity contribution in [2.75, 3.05) is 6.54 Å². The van der Waals surface area contributed by atoms with Crippen molar-refractivity contribution < 1.29 is 35.1 Å². The van der Waals surface area contributed by atoms with Gasteiger partial charge >= 0.3 is 0 Å². The van der Waals surface area contributed by atoms with E-state index in [1.54, 1.807) is 6.92 Å². The molecule has 0 bridgehead atoms. The van der Waals surface area contributed by atoms with Crippen LogP contribution in [0.25, 0.3) is 11.1 Å². The molecule has 1 aromatic heterocycles. The summed E-state index contributed by atoms with van der Waals surface area (Å²) in [6.07, 6.45) is 2.03. The Kier molecular flexibility index (Phi) is 7.25. The number of nitrogens with zero attached hydrogens (tertiary/aromatic N) is 1. The van der Waals surface area contributed by atoms with E-state index in [1.807, 2.05) is 0 Å². The third-order valence-corrected chi connectivity index (χ3v) is 8.72. The molecule has 0 spiro atoms. The topological polar surface area (TPSA) is 142 Å². The van der Waals surface area contributed by atoms with Crippen LogP contribution >= 0.6 is 0 Å². The molecule has 0 saturated heterocycles. The number of benzene rings is 2. The largest absolute Gasteiger partial charge is 0.618 e. The molecule has 9 nitrogen and oxygen atoms in total. The number of halogens is 2. The Morgan fingerprint density at radius 1 is 1.05 bits per heavy atom. The molecule has 1 aliphatic carbocycles. The van der Waals surface area contributed by atoms with Crippen LogP contribution in [0, 0.1) is 23.8 Å². The number of hydrogen-bond acceptors (Lipinski definition) is 6. The van der Waals surface area contributed by atoms with Crippen molar-refractivity contribution in [1.29, 1.82) is 0 Å². The van der Waals surface area contributed by atoms with E-state index >= 15 is 0 Å². The van der Waals surface area contributed by atoms with E-state index in [2.05, 4.69) is 4.72 Å². The van der Waals surface area contributed by atoms with Gasteiger partial charge in [-0.2, -0.15) is 4.73 Å². The molecule has 0 saturated carbocycles. The zero-order valence-electron chi connectivity index (χ0n) is 20.0. The lowest BCUT2D eigenvalue weighted by molar-refractivity contribution is -0.623. The van der Waals surface area contributed by atoms with Crippen molar-refractivity contribution in [1.82, 2.24) is 4.72 Å². The first-order valence-corrected chi connectivity index (χ1v) is 14.5. The number of ether oxygens (including phenoxy) is 1. The number of primary sulfonamides is 1. The summed E-state index contributed by atoms with van der Waals surface area (Å²) in [5.74, 6) is -2.34. The summed E-state index contributed by atoms with van der Waals surface area (Å²) in [7, 11) is -8.50. The van der Waals surface area contributed by atoms with Crippen molar-refractivity contribution >= 4 is 20.0 Å². The van der Waals surface area contributed by atoms with Gasteiger partial charge in [0.25, 0.3) is 0 Å². The van der Waals surface area contributed by atoms with Gasteiger partial charge in [-0.1, -0.05) is 6.92 Å². The fourth-order valence-corrected chi connectivity index (χ4v) is 6.62. The van der Waals surface area contributed by atoms with E-state index in [-0.39, 0.29) is 39.8 Å². The average molecular weight is 554 g/mol. The lowest BCUT2D eigenvalue weighted by Crippen LogP contribution is -2.41. The van der Waals surface area contributed by atoms with Crippen molar-refractivity contribution in [3.63, 3.8) is 0 Å². The van der Waals surface area contributed by atoms with Gasteiger partial charge < -0.3 is 9.94 Å². The number of rotatable bonds is 7. The average Bonchev–Trinajstić information content (AvgIpc) is 2.82. The fourth-order valence-electron chi connectivity index (χ4n) is 4.54. The maximum Gasteiger partial charge on any atom is 0.244 e. The minimum Gasteiger partial charge on any atom is -0.618 e. The molecular formula is C24H25F2N3O6S2. The van der Waals surface area contributed by atoms with Crippen LogP contribution in [-0.4, -0.2) is 23.4 Å². The Balaban J connectivity index is 2.10. The quantitative estimate of drug-likeness (QED) is 0.340. The number of aromatic nitrogens is 1. The van der Waals surface area contributed by atoms with Crippen LogP contribution in [0.5, 0.6) is 11.5 Å². The fraction of sp³-hybridized carbons (Fsp3) is 0.292. The van der Waals surface area contributed by atoms with Gasteiger partial charge in [0, 0.05) is 42.6 Å². The monoisotopic (exact) mass is 553 g/mol. The normalized spacial score (nSPS) is 13.9. The Morgan fingerprint density at radius 3 is 2.38 bits per heavy atom. The summed E-state index contributed by atoms with van der Waals surface area (Å²) in [6, 6.07) is 6.30. The number of fused-ring (bicyclic) bond motifs is 1. The first-order valence-electron chi connectivity index (χ1n) is 11.4. The summed E-state index contributed by atoms with van der Waals surface area (Å²) in [5.41, 5.74) is 0.543. The number of sulfonamides is 2. The van der Waals surface area contributed by atoms with E-state index < -0.39 is 36.6 Å². The van der Waals surface area contributed by atoms with Gasteiger partial charge in [0.05, 0.1) is 4.90 Å². The van der Waals surface area contributed by atoms with E-state index in [4.69, 9.17) is 9.88 Å². The molecular weight excluding hydrogens is 528 g/mol. The number of hydrogen-bond donors (Lipinski definition) is 2. The number of nitrogens with two attached hydrogens (primary N) is 1. The molecule has 0 aliphatic heterocycles. The molecule has 1 heterocycles. The SMILES string of the molecule is CCNS(=O)(=O)c1ccc(Oc2ccc(F)cc2F)c(-c2c3c([n+]([O-])c(C)c2S(N)(=O)=O)CCCC3)c1. The summed E-state index contributed by atoms with van der Waals surface area (Å²) < 4.78 is 87.8. The minimum atomic E-state index is -4.50. The van der Waals surface area contributed by atoms with E-state index in [0.29, 0.717) is 47.7 Å². The number of nitrogens with one attached hydrogen (secondary N) is 1. The van der Waals surface area contributed by atoms with Gasteiger partial charge in [0.1, 0.15) is 11.6 Å². The molecule has 2 aromatic carbocycles. The van der Waals surface area contributed by atoms with Crippen LogP contribution in [0.15, 0.2) is 46.2 Å². The summed E-state index contributed by atoms with van der Waals surface area (Å²) in [4.78, 5) is -0.691. The Hall–Kier alpha value is -3.13. The summed E-state index contributed by atoms with van der Waals surface area (Å²) >= 11 is 0. The minimum absolute atomic E-state index is 0.0198. The van der Waals surface area contributed by atoms with Crippen molar-refractivity contribution in [2.24, 2.45) is 5.14 Å². The Morgan fingerprint density at radius 2 is 1.73 bits per heavy atom. The maximum atomic E-state index is 14.5. The van der Waals surface area contributed by atoms with Gasteiger partial charge in [-0.15, -0.1) is 0 Å². The first kappa shape index (κ1) is 26.9. The molecule has 3 N–H and O–H groups in total. The highest BCUT2D eigenvalue weighted by Gasteiger charge is 2.35. The second-order valence-electron chi connectivity index (χ2n) is 8.60. The highest BCUT2D eigenvalue weighted by molar-refractivity contribution is 7.89.